The van der Waals surface area contributed by atoms with E-state index in [1.807, 2.05) is 0 Å². The lowest BCUT2D eigenvalue weighted by molar-refractivity contribution is -0.161. The topological polar surface area (TPSA) is 237 Å². The van der Waals surface area contributed by atoms with Gasteiger partial charge in [-0.3, -0.25) is 37.3 Å². The number of aliphatic hydroxyl groups excluding tert-OH is 1. The summed E-state index contributed by atoms with van der Waals surface area (Å²) in [6.45, 7) is 14.0. The standard InChI is InChI=1S/C68H132O17P2/c1-9-61(8)47-39-31-25-27-33-41-49-66(71)79-55-64(85-68(73)51-43-35-26-24-30-38-46-60(6)7)57-83-87(76,77)81-53-62(69)52-80-86(74,75)82-56-63(84-67(72)50-42-34-23-19-18-21-29-37-45-59(4)5)54-78-65(70)48-40-32-22-17-15-13-11-10-12-14-16-20-28-36-44-58(2)3/h58-64,69H,9-57H2,1-8H3,(H,74,75)(H,76,77)/t61?,62-,63-,64-/m1/s1. The van der Waals surface area contributed by atoms with Crippen molar-refractivity contribution in [2.45, 2.75) is 350 Å². The summed E-state index contributed by atoms with van der Waals surface area (Å²) in [6.07, 6.45) is 39.2. The fourth-order valence-corrected chi connectivity index (χ4v) is 11.7. The van der Waals surface area contributed by atoms with Crippen LogP contribution in [0.5, 0.6) is 0 Å². The van der Waals surface area contributed by atoms with E-state index in [1.165, 1.54) is 128 Å². The highest BCUT2D eigenvalue weighted by Gasteiger charge is 2.30. The second kappa shape index (κ2) is 57.9. The molecule has 0 bridgehead atoms. The molecule has 0 aliphatic heterocycles. The molecule has 0 rings (SSSR count). The molecule has 0 radical (unpaired) electrons. The van der Waals surface area contributed by atoms with Crippen molar-refractivity contribution in [2.24, 2.45) is 23.7 Å². The highest BCUT2D eigenvalue weighted by molar-refractivity contribution is 7.47. The van der Waals surface area contributed by atoms with Gasteiger partial charge in [-0.1, -0.05) is 280 Å². The van der Waals surface area contributed by atoms with Crippen LogP contribution in [0, 0.1) is 23.7 Å². The van der Waals surface area contributed by atoms with Crippen LogP contribution in [0.1, 0.15) is 331 Å². The minimum absolute atomic E-state index is 0.101. The number of carbonyl (C=O) groups is 4. The molecule has 0 spiro atoms. The summed E-state index contributed by atoms with van der Waals surface area (Å²) in [5.74, 6) is 0.779. The van der Waals surface area contributed by atoms with E-state index >= 15 is 0 Å². The zero-order chi connectivity index (χ0) is 64.7. The number of aliphatic hydroxyl groups is 1. The molecule has 0 saturated carbocycles. The number of esters is 4. The molecule has 0 aromatic rings. The van der Waals surface area contributed by atoms with Crippen molar-refractivity contribution < 1.29 is 80.2 Å². The van der Waals surface area contributed by atoms with E-state index < -0.39 is 97.5 Å². The maximum absolute atomic E-state index is 13.0. The van der Waals surface area contributed by atoms with E-state index in [-0.39, 0.29) is 25.7 Å². The van der Waals surface area contributed by atoms with Gasteiger partial charge in [-0.15, -0.1) is 0 Å². The summed E-state index contributed by atoms with van der Waals surface area (Å²) in [5, 5.41) is 10.6. The monoisotopic (exact) mass is 1280 g/mol. The van der Waals surface area contributed by atoms with Crippen molar-refractivity contribution in [1.82, 2.24) is 0 Å². The third-order valence-corrected chi connectivity index (χ3v) is 17.8. The summed E-state index contributed by atoms with van der Waals surface area (Å²) in [6, 6.07) is 0. The molecule has 0 fully saturated rings. The van der Waals surface area contributed by atoms with Gasteiger partial charge in [0.25, 0.3) is 0 Å². The van der Waals surface area contributed by atoms with Gasteiger partial charge in [-0.25, -0.2) is 9.13 Å². The largest absolute Gasteiger partial charge is 0.472 e. The Bertz CT molecular complexity index is 1730. The van der Waals surface area contributed by atoms with E-state index in [4.69, 9.17) is 37.0 Å². The molecule has 19 heteroatoms. The van der Waals surface area contributed by atoms with Crippen molar-refractivity contribution in [3.05, 3.63) is 0 Å². The van der Waals surface area contributed by atoms with Crippen molar-refractivity contribution in [3.8, 4) is 0 Å². The SMILES string of the molecule is CCC(C)CCCCCCCCC(=O)OC[C@H](COP(=O)(O)OC[C@H](O)COP(=O)(O)OC[C@@H](COC(=O)CCCCCCCCCCCCCCCCC(C)C)OC(=O)CCCCCCCCCCC(C)C)OC(=O)CCCCCCCCC(C)C. The number of unbranched alkanes of at least 4 members (excludes halogenated alkanes) is 30. The summed E-state index contributed by atoms with van der Waals surface area (Å²) < 4.78 is 68.1. The van der Waals surface area contributed by atoms with Crippen LogP contribution in [0.2, 0.25) is 0 Å². The summed E-state index contributed by atoms with van der Waals surface area (Å²) in [4.78, 5) is 72.3. The Morgan fingerprint density at radius 1 is 0.322 bits per heavy atom. The van der Waals surface area contributed by atoms with Crippen molar-refractivity contribution in [2.75, 3.05) is 39.6 Å². The second-order valence-corrected chi connectivity index (χ2v) is 29.1. The number of phosphoric ester groups is 2. The molecule has 0 aromatic carbocycles. The summed E-state index contributed by atoms with van der Waals surface area (Å²) >= 11 is 0. The molecule has 0 aliphatic rings. The Labute approximate surface area is 530 Å². The van der Waals surface area contributed by atoms with Crippen molar-refractivity contribution in [1.29, 1.82) is 0 Å². The number of phosphoric acid groups is 2. The fraction of sp³-hybridized carbons (Fsp3) is 0.941. The van der Waals surface area contributed by atoms with Crippen LogP contribution in [0.15, 0.2) is 0 Å². The van der Waals surface area contributed by atoms with Crippen LogP contribution in [0.3, 0.4) is 0 Å². The van der Waals surface area contributed by atoms with E-state index in [0.717, 1.165) is 114 Å². The number of hydrogen-bond donors (Lipinski definition) is 3. The molecule has 0 aliphatic carbocycles. The van der Waals surface area contributed by atoms with Crippen LogP contribution in [-0.2, 0) is 65.4 Å². The maximum atomic E-state index is 13.0. The first-order valence-electron chi connectivity index (χ1n) is 35.2. The fourth-order valence-electron chi connectivity index (χ4n) is 10.1. The Morgan fingerprint density at radius 3 is 0.816 bits per heavy atom. The average molecular weight is 1280 g/mol. The van der Waals surface area contributed by atoms with Crippen LogP contribution in [0.4, 0.5) is 0 Å². The van der Waals surface area contributed by atoms with E-state index in [2.05, 4.69) is 55.4 Å². The molecule has 0 aromatic heterocycles. The lowest BCUT2D eigenvalue weighted by Gasteiger charge is -2.21. The lowest BCUT2D eigenvalue weighted by atomic mass is 10.00. The van der Waals surface area contributed by atoms with Crippen LogP contribution in [-0.4, -0.2) is 96.7 Å². The molecular formula is C68H132O17P2. The molecule has 516 valence electrons. The number of carbonyl (C=O) groups excluding carboxylic acids is 4. The average Bonchev–Trinajstić information content (AvgIpc) is 3.69. The highest BCUT2D eigenvalue weighted by atomic mass is 31.2. The van der Waals surface area contributed by atoms with E-state index in [1.54, 1.807) is 0 Å². The number of ether oxygens (including phenoxy) is 4. The molecule has 87 heavy (non-hydrogen) atoms. The van der Waals surface area contributed by atoms with Crippen LogP contribution >= 0.6 is 15.6 Å². The molecule has 3 N–H and O–H groups in total. The molecule has 0 heterocycles. The normalized spacial score (nSPS) is 14.6. The summed E-state index contributed by atoms with van der Waals surface area (Å²) in [7, 11) is -9.90. The van der Waals surface area contributed by atoms with Crippen molar-refractivity contribution >= 4 is 39.5 Å². The molecule has 0 saturated heterocycles. The smallest absolute Gasteiger partial charge is 0.462 e. The Kier molecular flexibility index (Phi) is 56.6. The van der Waals surface area contributed by atoms with Crippen molar-refractivity contribution in [3.63, 3.8) is 0 Å². The Balaban J connectivity index is 5.20. The van der Waals surface area contributed by atoms with E-state index in [9.17, 15) is 43.2 Å². The lowest BCUT2D eigenvalue weighted by Crippen LogP contribution is -2.30. The molecule has 3 unspecified atom stereocenters. The number of hydrogen-bond acceptors (Lipinski definition) is 15. The minimum Gasteiger partial charge on any atom is -0.462 e. The van der Waals surface area contributed by atoms with Gasteiger partial charge in [0.15, 0.2) is 12.2 Å². The molecule has 0 amide bonds. The quantitative estimate of drug-likeness (QED) is 0.0222. The third kappa shape index (κ3) is 61.3. The van der Waals surface area contributed by atoms with Crippen LogP contribution in [0.25, 0.3) is 0 Å². The maximum Gasteiger partial charge on any atom is 0.472 e. The summed E-state index contributed by atoms with van der Waals surface area (Å²) in [5.41, 5.74) is 0. The second-order valence-electron chi connectivity index (χ2n) is 26.2. The first-order valence-corrected chi connectivity index (χ1v) is 38.2. The van der Waals surface area contributed by atoms with Gasteiger partial charge in [0.1, 0.15) is 19.3 Å². The predicted molar refractivity (Wildman–Crippen MR) is 349 cm³/mol. The zero-order valence-electron chi connectivity index (χ0n) is 56.6. The zero-order valence-corrected chi connectivity index (χ0v) is 58.4. The molecular weight excluding hydrogens is 1150 g/mol. The van der Waals surface area contributed by atoms with Gasteiger partial charge in [-0.05, 0) is 49.4 Å². The predicted octanol–water partition coefficient (Wildman–Crippen LogP) is 18.9. The molecule has 6 atom stereocenters. The minimum atomic E-state index is -4.95. The van der Waals surface area contributed by atoms with Gasteiger partial charge in [0, 0.05) is 25.7 Å². The van der Waals surface area contributed by atoms with Gasteiger partial charge in [0.2, 0.25) is 0 Å². The first kappa shape index (κ1) is 85.1. The number of rotatable bonds is 65. The van der Waals surface area contributed by atoms with Gasteiger partial charge in [0.05, 0.1) is 26.4 Å². The first-order chi connectivity index (χ1) is 41.6. The Morgan fingerprint density at radius 2 is 0.552 bits per heavy atom. The molecule has 17 nitrogen and oxygen atoms in total. The van der Waals surface area contributed by atoms with Gasteiger partial charge < -0.3 is 33.8 Å². The highest BCUT2D eigenvalue weighted by Crippen LogP contribution is 2.45. The van der Waals surface area contributed by atoms with E-state index in [0.29, 0.717) is 31.6 Å². The van der Waals surface area contributed by atoms with Gasteiger partial charge in [-0.2, -0.15) is 0 Å². The van der Waals surface area contributed by atoms with Crippen LogP contribution < -0.4 is 0 Å². The Hall–Kier alpha value is -1.94. The third-order valence-electron chi connectivity index (χ3n) is 15.9. The van der Waals surface area contributed by atoms with Gasteiger partial charge >= 0.3 is 39.5 Å².